The number of nitrogens with zero attached hydrogens (tertiary/aromatic N) is 3. The van der Waals surface area contributed by atoms with Gasteiger partial charge in [0.05, 0.1) is 23.0 Å². The van der Waals surface area contributed by atoms with E-state index in [0.717, 1.165) is 43.4 Å². The van der Waals surface area contributed by atoms with Crippen LogP contribution in [0.2, 0.25) is 0 Å². The quantitative estimate of drug-likeness (QED) is 0.114. The number of carbonyl (C=O) groups excluding carboxylic acids is 1. The summed E-state index contributed by atoms with van der Waals surface area (Å²) in [6, 6.07) is 12.6. The van der Waals surface area contributed by atoms with Crippen LogP contribution < -0.4 is 20.3 Å². The summed E-state index contributed by atoms with van der Waals surface area (Å²) in [5.41, 5.74) is 2.51. The Hall–Kier alpha value is -3.59. The molecule has 0 radical (unpaired) electrons. The van der Waals surface area contributed by atoms with Crippen molar-refractivity contribution >= 4 is 56.3 Å². The number of amidine groups is 1. The van der Waals surface area contributed by atoms with E-state index in [4.69, 9.17) is 5.41 Å². The minimum absolute atomic E-state index is 0.0321. The number of aliphatic hydroxyl groups excluding tert-OH is 1. The lowest BCUT2D eigenvalue weighted by molar-refractivity contribution is -0.113. The van der Waals surface area contributed by atoms with Crippen molar-refractivity contribution in [3.05, 3.63) is 58.5 Å². The summed E-state index contributed by atoms with van der Waals surface area (Å²) in [4.78, 5) is 20.6. The molecule has 1 saturated heterocycles. The van der Waals surface area contributed by atoms with E-state index in [1.54, 1.807) is 31.1 Å². The van der Waals surface area contributed by atoms with Gasteiger partial charge in [-0.25, -0.2) is 8.42 Å². The first-order chi connectivity index (χ1) is 19.4. The van der Waals surface area contributed by atoms with E-state index >= 15 is 0 Å². The highest BCUT2D eigenvalue weighted by atomic mass is 32.2. The zero-order valence-electron chi connectivity index (χ0n) is 23.1. The normalized spacial score (nSPS) is 17.9. The number of anilines is 2. The van der Waals surface area contributed by atoms with Crippen LogP contribution in [-0.4, -0.2) is 86.6 Å². The molecular weight excluding hydrogens is 566 g/mol. The van der Waals surface area contributed by atoms with Crippen LogP contribution in [0, 0.1) is 5.41 Å². The topological polar surface area (TPSA) is 170 Å². The number of carbonyl (C=O) groups is 1. The van der Waals surface area contributed by atoms with Crippen LogP contribution in [-0.2, 0) is 14.8 Å². The summed E-state index contributed by atoms with van der Waals surface area (Å²) in [6.07, 6.45) is 3.70. The Balaban J connectivity index is 1.25. The van der Waals surface area contributed by atoms with Gasteiger partial charge in [-0.05, 0) is 66.1 Å². The van der Waals surface area contributed by atoms with Crippen LogP contribution in [0.1, 0.15) is 30.1 Å². The summed E-state index contributed by atoms with van der Waals surface area (Å²) in [7, 11) is -0.0933. The van der Waals surface area contributed by atoms with E-state index in [2.05, 4.69) is 25.2 Å². The van der Waals surface area contributed by atoms with Gasteiger partial charge in [0.25, 0.3) is 5.91 Å². The second kappa shape index (κ2) is 12.9. The average Bonchev–Trinajstić information content (AvgIpc) is 3.26. The molecule has 6 N–H and O–H groups in total. The number of aliphatic hydroxyl groups is 1. The number of nitrogens with one attached hydrogen (secondary N) is 4. The molecule has 4 rings (SSSR count). The van der Waals surface area contributed by atoms with Crippen molar-refractivity contribution in [1.29, 1.82) is 5.41 Å². The number of guanidine groups is 1. The summed E-state index contributed by atoms with van der Waals surface area (Å²) in [5, 5.41) is 35.0. The lowest BCUT2D eigenvalue weighted by atomic mass is 10.0. The van der Waals surface area contributed by atoms with Crippen LogP contribution in [0.5, 0.6) is 5.75 Å². The predicted molar refractivity (Wildman–Crippen MR) is 164 cm³/mol. The molecule has 1 unspecified atom stereocenters. The number of sulfonamides is 1. The SMILES string of the molecule is CN(C)C(=N)NC1=NC(=O)/C(=C\c2ccc(N3CCC(NCC(O)c4ccc(O)c(NS(C)(=O)=O)c4)CC3)cc2)S1. The van der Waals surface area contributed by atoms with Crippen molar-refractivity contribution in [3.63, 3.8) is 0 Å². The van der Waals surface area contributed by atoms with Crippen molar-refractivity contribution in [2.45, 2.75) is 25.0 Å². The van der Waals surface area contributed by atoms with Crippen molar-refractivity contribution in [2.75, 3.05) is 49.6 Å². The molecule has 2 aliphatic rings. The maximum atomic E-state index is 12.3. The lowest BCUT2D eigenvalue weighted by Crippen LogP contribution is -2.43. The predicted octanol–water partition coefficient (Wildman–Crippen LogP) is 2.11. The van der Waals surface area contributed by atoms with E-state index in [0.29, 0.717) is 22.2 Å². The fraction of sp³-hybridized carbons (Fsp3) is 0.370. The van der Waals surface area contributed by atoms with Crippen molar-refractivity contribution in [2.24, 2.45) is 4.99 Å². The molecule has 1 atom stereocenters. The van der Waals surface area contributed by atoms with Gasteiger partial charge in [0, 0.05) is 45.5 Å². The van der Waals surface area contributed by atoms with Gasteiger partial charge in [0.2, 0.25) is 10.0 Å². The maximum Gasteiger partial charge on any atom is 0.286 e. The monoisotopic (exact) mass is 601 g/mol. The average molecular weight is 602 g/mol. The van der Waals surface area contributed by atoms with Crippen molar-refractivity contribution in [3.8, 4) is 5.75 Å². The summed E-state index contributed by atoms with van der Waals surface area (Å²) >= 11 is 1.21. The highest BCUT2D eigenvalue weighted by molar-refractivity contribution is 8.18. The zero-order valence-corrected chi connectivity index (χ0v) is 24.7. The van der Waals surface area contributed by atoms with Crippen LogP contribution in [0.15, 0.2) is 52.4 Å². The Morgan fingerprint density at radius 3 is 2.54 bits per heavy atom. The number of phenolic OH excluding ortho intramolecular Hbond substituents is 1. The molecule has 1 amide bonds. The van der Waals surface area contributed by atoms with E-state index < -0.39 is 16.1 Å². The molecule has 12 nitrogen and oxygen atoms in total. The third-order valence-electron chi connectivity index (χ3n) is 6.64. The summed E-state index contributed by atoms with van der Waals surface area (Å²) < 4.78 is 25.3. The number of benzene rings is 2. The largest absolute Gasteiger partial charge is 0.506 e. The molecule has 41 heavy (non-hydrogen) atoms. The van der Waals surface area contributed by atoms with Crippen molar-refractivity contribution in [1.82, 2.24) is 15.5 Å². The Labute approximate surface area is 244 Å². The first-order valence-corrected chi connectivity index (χ1v) is 15.7. The van der Waals surface area contributed by atoms with Gasteiger partial charge in [-0.15, -0.1) is 0 Å². The number of thioether (sulfide) groups is 1. The highest BCUT2D eigenvalue weighted by Gasteiger charge is 2.24. The van der Waals surface area contributed by atoms with E-state index in [1.807, 2.05) is 24.3 Å². The van der Waals surface area contributed by atoms with Gasteiger partial charge in [-0.1, -0.05) is 18.2 Å². The van der Waals surface area contributed by atoms with Crippen LogP contribution in [0.4, 0.5) is 11.4 Å². The van der Waals surface area contributed by atoms with E-state index in [1.165, 1.54) is 23.9 Å². The summed E-state index contributed by atoms with van der Waals surface area (Å²) in [5.74, 6) is -0.384. The molecule has 0 spiro atoms. The first kappa shape index (κ1) is 30.4. The number of aliphatic imine (C=N–C) groups is 1. The number of amides is 1. The van der Waals surface area contributed by atoms with Crippen LogP contribution in [0.25, 0.3) is 6.08 Å². The minimum Gasteiger partial charge on any atom is -0.506 e. The standard InChI is InChI=1S/C27H35N7O5S2/c1-33(2)26(28)31-27-30-25(37)24(40-27)14-17-4-7-20(8-5-17)34-12-10-19(11-13-34)29-16-23(36)18-6-9-22(35)21(15-18)32-41(3,38)39/h4-9,14-15,19,23,29,32,35-36H,10-13,16H2,1-3H3,(H2,28,30,31,37)/b24-14+. The fourth-order valence-electron chi connectivity index (χ4n) is 4.39. The molecular formula is C27H35N7O5S2. The van der Waals surface area contributed by atoms with Gasteiger partial charge in [-0.2, -0.15) is 4.99 Å². The molecule has 220 valence electrons. The number of hydrogen-bond acceptors (Lipinski definition) is 9. The zero-order chi connectivity index (χ0) is 29.7. The first-order valence-electron chi connectivity index (χ1n) is 13.0. The minimum atomic E-state index is -3.56. The van der Waals surface area contributed by atoms with Gasteiger partial charge in [0.1, 0.15) is 5.75 Å². The Morgan fingerprint density at radius 2 is 1.90 bits per heavy atom. The lowest BCUT2D eigenvalue weighted by Gasteiger charge is -2.34. The Bertz CT molecular complexity index is 1450. The van der Waals surface area contributed by atoms with Crippen LogP contribution in [0.3, 0.4) is 0 Å². The van der Waals surface area contributed by atoms with Gasteiger partial charge < -0.3 is 30.6 Å². The number of phenols is 1. The van der Waals surface area contributed by atoms with E-state index in [9.17, 15) is 23.4 Å². The van der Waals surface area contributed by atoms with E-state index in [-0.39, 0.29) is 29.3 Å². The molecule has 2 aliphatic heterocycles. The molecule has 0 aromatic heterocycles. The number of piperidine rings is 1. The summed E-state index contributed by atoms with van der Waals surface area (Å²) in [6.45, 7) is 1.97. The number of hydrogen-bond donors (Lipinski definition) is 6. The van der Waals surface area contributed by atoms with Crippen LogP contribution >= 0.6 is 11.8 Å². The fourth-order valence-corrected chi connectivity index (χ4v) is 5.76. The third-order valence-corrected chi connectivity index (χ3v) is 8.13. The molecule has 0 saturated carbocycles. The van der Waals surface area contributed by atoms with Gasteiger partial charge in [0.15, 0.2) is 11.1 Å². The van der Waals surface area contributed by atoms with Gasteiger partial charge in [-0.3, -0.25) is 14.9 Å². The molecule has 2 aromatic carbocycles. The van der Waals surface area contributed by atoms with Gasteiger partial charge >= 0.3 is 0 Å². The molecule has 14 heteroatoms. The molecule has 0 bridgehead atoms. The molecule has 2 heterocycles. The van der Waals surface area contributed by atoms with Crippen molar-refractivity contribution < 1.29 is 23.4 Å². The second-order valence-electron chi connectivity index (χ2n) is 10.1. The number of aromatic hydroxyl groups is 1. The second-order valence-corrected chi connectivity index (χ2v) is 12.9. The third kappa shape index (κ3) is 8.45. The smallest absolute Gasteiger partial charge is 0.286 e. The molecule has 2 aromatic rings. The Morgan fingerprint density at radius 1 is 1.22 bits per heavy atom. The maximum absolute atomic E-state index is 12.3. The highest BCUT2D eigenvalue weighted by Crippen LogP contribution is 2.30. The Kier molecular flexibility index (Phi) is 9.58. The number of rotatable bonds is 8. The molecule has 1 fully saturated rings. The molecule has 0 aliphatic carbocycles.